The summed E-state index contributed by atoms with van der Waals surface area (Å²) in [7, 11) is 0. The molecule has 2 aliphatic rings. The van der Waals surface area contributed by atoms with Gasteiger partial charge in [0.25, 0.3) is 5.91 Å². The summed E-state index contributed by atoms with van der Waals surface area (Å²) in [4.78, 5) is 31.5. The molecule has 2 amide bonds. The standard InChI is InChI=1S/C24H24N2O2S2/c27-23(25-15-17-9-5-13-29-17)21-18-10-3-4-11-19(18)24(28)26(16-7-1-2-8-16)22(21)20-12-6-14-30-20/h3-6,9-14,16,21-22H,1-2,7-8,15H2,(H,25,27)/t21-,22+/m0/s1. The monoisotopic (exact) mass is 436 g/mol. The molecule has 154 valence electrons. The molecule has 2 aromatic heterocycles. The number of nitrogens with zero attached hydrogens (tertiary/aromatic N) is 1. The summed E-state index contributed by atoms with van der Waals surface area (Å²) in [6.07, 6.45) is 4.31. The quantitative estimate of drug-likeness (QED) is 0.586. The molecule has 0 spiro atoms. The Kier molecular flexibility index (Phi) is 5.44. The topological polar surface area (TPSA) is 49.4 Å². The van der Waals surface area contributed by atoms with Crippen molar-refractivity contribution in [2.24, 2.45) is 0 Å². The van der Waals surface area contributed by atoms with Crippen molar-refractivity contribution in [1.29, 1.82) is 0 Å². The number of rotatable bonds is 5. The first-order chi connectivity index (χ1) is 14.7. The van der Waals surface area contributed by atoms with E-state index in [4.69, 9.17) is 0 Å². The van der Waals surface area contributed by atoms with Crippen molar-refractivity contribution >= 4 is 34.5 Å². The summed E-state index contributed by atoms with van der Waals surface area (Å²) in [5.41, 5.74) is 1.52. The van der Waals surface area contributed by atoms with E-state index in [9.17, 15) is 9.59 Å². The largest absolute Gasteiger partial charge is 0.351 e. The van der Waals surface area contributed by atoms with Crippen molar-refractivity contribution in [2.45, 2.75) is 50.2 Å². The zero-order chi connectivity index (χ0) is 20.5. The third-order valence-corrected chi connectivity index (χ3v) is 8.05. The molecule has 1 aliphatic heterocycles. The van der Waals surface area contributed by atoms with Gasteiger partial charge >= 0.3 is 0 Å². The molecular formula is C24H24N2O2S2. The van der Waals surface area contributed by atoms with Crippen LogP contribution < -0.4 is 5.32 Å². The predicted molar refractivity (Wildman–Crippen MR) is 121 cm³/mol. The Labute approximate surface area is 184 Å². The number of hydrogen-bond acceptors (Lipinski definition) is 4. The first-order valence-electron chi connectivity index (χ1n) is 10.5. The number of fused-ring (bicyclic) bond motifs is 1. The van der Waals surface area contributed by atoms with Gasteiger partial charge in [-0.2, -0.15) is 0 Å². The maximum atomic E-state index is 13.6. The molecule has 30 heavy (non-hydrogen) atoms. The summed E-state index contributed by atoms with van der Waals surface area (Å²) < 4.78 is 0. The molecule has 4 nitrogen and oxygen atoms in total. The molecule has 0 saturated heterocycles. The zero-order valence-electron chi connectivity index (χ0n) is 16.6. The van der Waals surface area contributed by atoms with Gasteiger partial charge in [-0.15, -0.1) is 22.7 Å². The second-order valence-corrected chi connectivity index (χ2v) is 9.98. The molecular weight excluding hydrogens is 412 g/mol. The lowest BCUT2D eigenvalue weighted by atomic mass is 9.80. The Morgan fingerprint density at radius 2 is 1.77 bits per heavy atom. The zero-order valence-corrected chi connectivity index (χ0v) is 18.3. The highest BCUT2D eigenvalue weighted by atomic mass is 32.1. The fourth-order valence-electron chi connectivity index (χ4n) is 4.88. The van der Waals surface area contributed by atoms with Gasteiger partial charge in [0.05, 0.1) is 18.5 Å². The fraction of sp³-hybridized carbons (Fsp3) is 0.333. The van der Waals surface area contributed by atoms with E-state index in [0.717, 1.165) is 41.0 Å². The van der Waals surface area contributed by atoms with Crippen molar-refractivity contribution < 1.29 is 9.59 Å². The smallest absolute Gasteiger partial charge is 0.254 e. The SMILES string of the molecule is O=C(NCc1cccs1)[C@H]1c2ccccc2C(=O)N(C2CCCC2)[C@@H]1c1cccs1. The maximum absolute atomic E-state index is 13.6. The molecule has 0 bridgehead atoms. The number of carbonyl (C=O) groups excluding carboxylic acids is 2. The Bertz CT molecular complexity index is 1020. The van der Waals surface area contributed by atoms with Crippen LogP contribution in [0.3, 0.4) is 0 Å². The van der Waals surface area contributed by atoms with Crippen LogP contribution in [0.15, 0.2) is 59.3 Å². The van der Waals surface area contributed by atoms with Crippen LogP contribution in [-0.4, -0.2) is 22.8 Å². The Morgan fingerprint density at radius 3 is 2.50 bits per heavy atom. The molecule has 1 saturated carbocycles. The van der Waals surface area contributed by atoms with Crippen LogP contribution in [-0.2, 0) is 11.3 Å². The summed E-state index contributed by atoms with van der Waals surface area (Å²) >= 11 is 3.27. The van der Waals surface area contributed by atoms with Crippen LogP contribution in [0.1, 0.15) is 63.3 Å². The fourth-order valence-corrected chi connectivity index (χ4v) is 6.38. The van der Waals surface area contributed by atoms with Crippen LogP contribution in [0.25, 0.3) is 0 Å². The lowest BCUT2D eigenvalue weighted by molar-refractivity contribution is -0.124. The summed E-state index contributed by atoms with van der Waals surface area (Å²) in [5, 5.41) is 7.21. The van der Waals surface area contributed by atoms with E-state index in [1.165, 1.54) is 0 Å². The van der Waals surface area contributed by atoms with Crippen molar-refractivity contribution in [3.63, 3.8) is 0 Å². The minimum absolute atomic E-state index is 0.00949. The number of nitrogens with one attached hydrogen (secondary N) is 1. The van der Waals surface area contributed by atoms with Gasteiger partial charge in [0.15, 0.2) is 0 Å². The van der Waals surface area contributed by atoms with Gasteiger partial charge in [-0.25, -0.2) is 0 Å². The number of carbonyl (C=O) groups is 2. The molecule has 0 unspecified atom stereocenters. The summed E-state index contributed by atoms with van der Waals surface area (Å²) in [6.45, 7) is 0.518. The second-order valence-electron chi connectivity index (χ2n) is 7.97. The lowest BCUT2D eigenvalue weighted by Gasteiger charge is -2.44. The van der Waals surface area contributed by atoms with E-state index in [2.05, 4.69) is 11.4 Å². The third kappa shape index (κ3) is 3.48. The minimum atomic E-state index is -0.405. The Hall–Kier alpha value is -2.44. The molecule has 2 atom stereocenters. The van der Waals surface area contributed by atoms with Gasteiger partial charge < -0.3 is 10.2 Å². The molecule has 1 N–H and O–H groups in total. The minimum Gasteiger partial charge on any atom is -0.351 e. The Balaban J connectivity index is 1.57. The molecule has 1 aromatic carbocycles. The molecule has 0 radical (unpaired) electrons. The van der Waals surface area contributed by atoms with Crippen molar-refractivity contribution in [2.75, 3.05) is 0 Å². The third-order valence-electron chi connectivity index (χ3n) is 6.23. The van der Waals surface area contributed by atoms with E-state index in [0.29, 0.717) is 12.1 Å². The van der Waals surface area contributed by atoms with Crippen LogP contribution >= 0.6 is 22.7 Å². The predicted octanol–water partition coefficient (Wildman–Crippen LogP) is 5.35. The van der Waals surface area contributed by atoms with Crippen LogP contribution in [0.4, 0.5) is 0 Å². The highest BCUT2D eigenvalue weighted by Gasteiger charge is 2.47. The summed E-state index contributed by atoms with van der Waals surface area (Å²) in [6, 6.07) is 15.7. The molecule has 3 aromatic rings. The van der Waals surface area contributed by atoms with Gasteiger partial charge in [-0.3, -0.25) is 9.59 Å². The number of benzene rings is 1. The number of amides is 2. The van der Waals surface area contributed by atoms with Gasteiger partial charge in [0.2, 0.25) is 5.91 Å². The number of hydrogen-bond donors (Lipinski definition) is 1. The van der Waals surface area contributed by atoms with Crippen molar-refractivity contribution in [1.82, 2.24) is 10.2 Å². The number of thiophene rings is 2. The molecule has 6 heteroatoms. The average Bonchev–Trinajstić information content (AvgIpc) is 3.55. The highest BCUT2D eigenvalue weighted by molar-refractivity contribution is 7.10. The average molecular weight is 437 g/mol. The molecule has 1 fully saturated rings. The van der Waals surface area contributed by atoms with Gasteiger partial charge in [0, 0.05) is 21.4 Å². The van der Waals surface area contributed by atoms with Crippen LogP contribution in [0.2, 0.25) is 0 Å². The van der Waals surface area contributed by atoms with Crippen LogP contribution in [0, 0.1) is 0 Å². The first kappa shape index (κ1) is 19.5. The van der Waals surface area contributed by atoms with E-state index in [1.54, 1.807) is 22.7 Å². The van der Waals surface area contributed by atoms with E-state index in [1.807, 2.05) is 58.1 Å². The Morgan fingerprint density at radius 1 is 1.00 bits per heavy atom. The van der Waals surface area contributed by atoms with Gasteiger partial charge in [0.1, 0.15) is 0 Å². The van der Waals surface area contributed by atoms with E-state index >= 15 is 0 Å². The molecule has 3 heterocycles. The normalized spacial score (nSPS) is 21.6. The van der Waals surface area contributed by atoms with Crippen molar-refractivity contribution in [3.8, 4) is 0 Å². The summed E-state index contributed by atoms with van der Waals surface area (Å²) in [5.74, 6) is -0.346. The van der Waals surface area contributed by atoms with Crippen molar-refractivity contribution in [3.05, 3.63) is 80.2 Å². The van der Waals surface area contributed by atoms with Gasteiger partial charge in [-0.05, 0) is 47.4 Å². The first-order valence-corrected chi connectivity index (χ1v) is 12.2. The van der Waals surface area contributed by atoms with Crippen LogP contribution in [0.5, 0.6) is 0 Å². The second kappa shape index (κ2) is 8.36. The van der Waals surface area contributed by atoms with Gasteiger partial charge in [-0.1, -0.05) is 43.2 Å². The molecule has 5 rings (SSSR count). The highest BCUT2D eigenvalue weighted by Crippen LogP contribution is 2.47. The molecule has 1 aliphatic carbocycles. The van der Waals surface area contributed by atoms with E-state index < -0.39 is 5.92 Å². The maximum Gasteiger partial charge on any atom is 0.254 e. The lowest BCUT2D eigenvalue weighted by Crippen LogP contribution is -2.50. The van der Waals surface area contributed by atoms with E-state index in [-0.39, 0.29) is 23.9 Å².